The van der Waals surface area contributed by atoms with Crippen molar-refractivity contribution in [1.29, 1.82) is 0 Å². The first-order valence-electron chi connectivity index (χ1n) is 8.35. The SMILES string of the molecule is CS(C)(=O)=CC(=O)CCc1nc(-c2ccccc2)c(-c2ccccc2)o1. The molecule has 134 valence electrons. The normalized spacial score (nSPS) is 11.3. The van der Waals surface area contributed by atoms with Gasteiger partial charge in [-0.15, -0.1) is 0 Å². The van der Waals surface area contributed by atoms with Gasteiger partial charge in [0.15, 0.2) is 17.4 Å². The molecule has 0 spiro atoms. The van der Waals surface area contributed by atoms with Gasteiger partial charge < -0.3 is 4.42 Å². The van der Waals surface area contributed by atoms with E-state index < -0.39 is 9.52 Å². The van der Waals surface area contributed by atoms with E-state index in [0.717, 1.165) is 16.8 Å². The van der Waals surface area contributed by atoms with E-state index in [0.29, 0.717) is 18.1 Å². The maximum Gasteiger partial charge on any atom is 0.195 e. The van der Waals surface area contributed by atoms with Crippen molar-refractivity contribution in [3.8, 4) is 22.6 Å². The summed E-state index contributed by atoms with van der Waals surface area (Å²) in [6.45, 7) is 0. The van der Waals surface area contributed by atoms with Crippen molar-refractivity contribution in [3.05, 3.63) is 66.6 Å². The fourth-order valence-corrected chi connectivity index (χ4v) is 3.40. The molecule has 0 saturated heterocycles. The molecule has 3 aromatic rings. The number of nitrogens with zero attached hydrogens (tertiary/aromatic N) is 1. The summed E-state index contributed by atoms with van der Waals surface area (Å²) in [5, 5.41) is 1.30. The Bertz CT molecular complexity index is 949. The van der Waals surface area contributed by atoms with Crippen LogP contribution in [0.4, 0.5) is 0 Å². The van der Waals surface area contributed by atoms with Crippen LogP contribution in [0.3, 0.4) is 0 Å². The van der Waals surface area contributed by atoms with E-state index in [-0.39, 0.29) is 12.2 Å². The van der Waals surface area contributed by atoms with Crippen LogP contribution in [0.1, 0.15) is 12.3 Å². The second-order valence-electron chi connectivity index (χ2n) is 6.41. The van der Waals surface area contributed by atoms with Crippen molar-refractivity contribution in [3.63, 3.8) is 0 Å². The predicted molar refractivity (Wildman–Crippen MR) is 107 cm³/mol. The zero-order chi connectivity index (χ0) is 18.6. The molecule has 26 heavy (non-hydrogen) atoms. The molecule has 2 aromatic carbocycles. The van der Waals surface area contributed by atoms with Gasteiger partial charge in [-0.05, 0) is 9.52 Å². The van der Waals surface area contributed by atoms with Gasteiger partial charge in [-0.1, -0.05) is 60.7 Å². The van der Waals surface area contributed by atoms with Gasteiger partial charge in [-0.2, -0.15) is 0 Å². The molecular formula is C21H21NO3S. The summed E-state index contributed by atoms with van der Waals surface area (Å²) in [6.07, 6.45) is 3.70. The number of carbonyl (C=O) groups excluding carboxylic acids is 1. The Morgan fingerprint density at radius 1 is 1.00 bits per heavy atom. The Morgan fingerprint density at radius 3 is 2.15 bits per heavy atom. The molecule has 0 N–H and O–H groups in total. The largest absolute Gasteiger partial charge is 0.440 e. The molecule has 0 aliphatic heterocycles. The minimum Gasteiger partial charge on any atom is -0.440 e. The number of aromatic nitrogens is 1. The molecule has 1 heterocycles. The van der Waals surface area contributed by atoms with Crippen LogP contribution < -0.4 is 0 Å². The molecule has 4 nitrogen and oxygen atoms in total. The molecule has 0 unspecified atom stereocenters. The van der Waals surface area contributed by atoms with Crippen LogP contribution >= 0.6 is 0 Å². The first-order chi connectivity index (χ1) is 12.4. The van der Waals surface area contributed by atoms with Gasteiger partial charge in [-0.3, -0.25) is 9.00 Å². The number of hydrogen-bond donors (Lipinski definition) is 0. The fraction of sp³-hybridized carbons (Fsp3) is 0.190. The summed E-state index contributed by atoms with van der Waals surface area (Å²) >= 11 is 0. The smallest absolute Gasteiger partial charge is 0.195 e. The molecule has 0 fully saturated rings. The van der Waals surface area contributed by atoms with Gasteiger partial charge in [0.2, 0.25) is 0 Å². The first-order valence-corrected chi connectivity index (χ1v) is 10.8. The quantitative estimate of drug-likeness (QED) is 0.621. The summed E-state index contributed by atoms with van der Waals surface area (Å²) in [5.41, 5.74) is 2.66. The molecule has 0 aliphatic rings. The van der Waals surface area contributed by atoms with Crippen LogP contribution in [0.25, 0.3) is 22.6 Å². The number of Topliss-reactive ketones (excluding diaryl/α,β-unsaturated/α-hetero) is 1. The molecule has 0 bridgehead atoms. The third-order valence-corrected chi connectivity index (χ3v) is 4.59. The lowest BCUT2D eigenvalue weighted by molar-refractivity contribution is -0.112. The number of oxazole rings is 1. The lowest BCUT2D eigenvalue weighted by Gasteiger charge is -2.00. The average Bonchev–Trinajstić information content (AvgIpc) is 3.04. The van der Waals surface area contributed by atoms with E-state index in [1.807, 2.05) is 60.7 Å². The lowest BCUT2D eigenvalue weighted by Crippen LogP contribution is -2.09. The highest BCUT2D eigenvalue weighted by atomic mass is 32.2. The first kappa shape index (κ1) is 18.1. The molecular weight excluding hydrogens is 346 g/mol. The highest BCUT2D eigenvalue weighted by molar-refractivity contribution is 8.01. The topological polar surface area (TPSA) is 60.2 Å². The summed E-state index contributed by atoms with van der Waals surface area (Å²) in [7, 11) is -2.19. The third kappa shape index (κ3) is 4.70. The van der Waals surface area contributed by atoms with E-state index in [1.165, 1.54) is 5.37 Å². The van der Waals surface area contributed by atoms with Gasteiger partial charge in [-0.25, -0.2) is 4.98 Å². The van der Waals surface area contributed by atoms with E-state index in [2.05, 4.69) is 4.98 Å². The van der Waals surface area contributed by atoms with Crippen LogP contribution in [0.2, 0.25) is 0 Å². The van der Waals surface area contributed by atoms with Crippen LogP contribution in [0.15, 0.2) is 65.1 Å². The average molecular weight is 367 g/mol. The summed E-state index contributed by atoms with van der Waals surface area (Å²) in [6, 6.07) is 19.6. The number of ketones is 1. The molecule has 0 aliphatic carbocycles. The highest BCUT2D eigenvalue weighted by Gasteiger charge is 2.17. The van der Waals surface area contributed by atoms with Gasteiger partial charge in [0.25, 0.3) is 0 Å². The van der Waals surface area contributed by atoms with Crippen molar-refractivity contribution in [1.82, 2.24) is 4.98 Å². The Labute approximate surface area is 153 Å². The third-order valence-electron chi connectivity index (χ3n) is 3.76. The van der Waals surface area contributed by atoms with E-state index in [9.17, 15) is 9.00 Å². The maximum absolute atomic E-state index is 12.0. The van der Waals surface area contributed by atoms with Crippen LogP contribution in [0, 0.1) is 0 Å². The zero-order valence-electron chi connectivity index (χ0n) is 14.8. The maximum atomic E-state index is 12.0. The molecule has 0 radical (unpaired) electrons. The summed E-state index contributed by atoms with van der Waals surface area (Å²) < 4.78 is 17.7. The standard InChI is InChI=1S/C21H21NO3S/c1-26(2,24)15-18(23)13-14-19-22-20(16-9-5-3-6-10-16)21(25-19)17-11-7-4-8-12-17/h3-12,15H,13-14H2,1-2H3. The lowest BCUT2D eigenvalue weighted by atomic mass is 10.1. The molecule has 5 heteroatoms. The number of rotatable bonds is 6. The monoisotopic (exact) mass is 367 g/mol. The Balaban J connectivity index is 1.92. The zero-order valence-corrected chi connectivity index (χ0v) is 15.7. The summed E-state index contributed by atoms with van der Waals surface area (Å²) in [4.78, 5) is 16.6. The fourth-order valence-electron chi connectivity index (χ4n) is 2.65. The Hall–Kier alpha value is -2.66. The predicted octanol–water partition coefficient (Wildman–Crippen LogP) is 3.86. The van der Waals surface area contributed by atoms with Crippen molar-refractivity contribution in [2.45, 2.75) is 12.8 Å². The van der Waals surface area contributed by atoms with E-state index >= 15 is 0 Å². The molecule has 3 rings (SSSR count). The second-order valence-corrected chi connectivity index (χ2v) is 9.26. The minimum atomic E-state index is -2.19. The van der Waals surface area contributed by atoms with Crippen molar-refractivity contribution in [2.75, 3.05) is 12.5 Å². The van der Waals surface area contributed by atoms with Crippen molar-refractivity contribution in [2.24, 2.45) is 0 Å². The molecule has 0 atom stereocenters. The Kier molecular flexibility index (Phi) is 5.38. The molecule has 1 aromatic heterocycles. The van der Waals surface area contributed by atoms with E-state index in [1.54, 1.807) is 12.5 Å². The highest BCUT2D eigenvalue weighted by Crippen LogP contribution is 2.32. The van der Waals surface area contributed by atoms with Crippen molar-refractivity contribution >= 4 is 20.7 Å². The van der Waals surface area contributed by atoms with E-state index in [4.69, 9.17) is 4.42 Å². The van der Waals surface area contributed by atoms with Gasteiger partial charge in [0, 0.05) is 41.8 Å². The second kappa shape index (κ2) is 7.70. The minimum absolute atomic E-state index is 0.152. The summed E-state index contributed by atoms with van der Waals surface area (Å²) in [5.74, 6) is 1.04. The van der Waals surface area contributed by atoms with Crippen molar-refractivity contribution < 1.29 is 13.4 Å². The van der Waals surface area contributed by atoms with Gasteiger partial charge in [0.05, 0.1) is 0 Å². The number of hydrogen-bond acceptors (Lipinski definition) is 4. The Morgan fingerprint density at radius 2 is 1.58 bits per heavy atom. The van der Waals surface area contributed by atoms with Crippen LogP contribution in [0.5, 0.6) is 0 Å². The molecule has 0 amide bonds. The van der Waals surface area contributed by atoms with Gasteiger partial charge >= 0.3 is 0 Å². The number of benzene rings is 2. The number of aryl methyl sites for hydroxylation is 1. The van der Waals surface area contributed by atoms with Crippen LogP contribution in [-0.2, 0) is 20.7 Å². The number of carbonyl (C=O) groups is 1. The van der Waals surface area contributed by atoms with Gasteiger partial charge in [0.1, 0.15) is 5.69 Å². The molecule has 0 saturated carbocycles. The van der Waals surface area contributed by atoms with Crippen LogP contribution in [-0.4, -0.2) is 32.9 Å².